The van der Waals surface area contributed by atoms with Crippen molar-refractivity contribution in [3.8, 4) is 17.2 Å². The van der Waals surface area contributed by atoms with Crippen molar-refractivity contribution in [3.05, 3.63) is 70.0 Å². The number of benzene rings is 2. The fourth-order valence-electron chi connectivity index (χ4n) is 2.87. The molecule has 0 amide bonds. The largest absolute Gasteiger partial charge is 0.497 e. The van der Waals surface area contributed by atoms with Crippen LogP contribution >= 0.6 is 11.8 Å². The Morgan fingerprint density at radius 3 is 2.34 bits per heavy atom. The lowest BCUT2D eigenvalue weighted by atomic mass is 10.1. The molecule has 2 aromatic carbocycles. The minimum Gasteiger partial charge on any atom is -0.497 e. The summed E-state index contributed by atoms with van der Waals surface area (Å²) in [5.41, 5.74) is 1.69. The van der Waals surface area contributed by atoms with E-state index in [4.69, 9.17) is 9.47 Å². The number of hydrogen-bond donors (Lipinski definition) is 0. The standard InChI is InChI=1S/C20H22N4O4S/c1-4-28-18-11-7-16(8-12-18)24-14(2)21-22-20(24)29-19(13-23(25)26)15-5-9-17(27-3)10-6-15/h5-12,19H,4,13H2,1-3H3/t19-/m1/s1. The minimum atomic E-state index is -0.416. The molecule has 0 saturated carbocycles. The maximum atomic E-state index is 11.3. The van der Waals surface area contributed by atoms with Crippen LogP contribution in [0.1, 0.15) is 23.6 Å². The molecule has 9 heteroatoms. The molecule has 0 bridgehead atoms. The number of thioether (sulfide) groups is 1. The van der Waals surface area contributed by atoms with Crippen molar-refractivity contribution in [3.63, 3.8) is 0 Å². The van der Waals surface area contributed by atoms with Crippen molar-refractivity contribution in [2.45, 2.75) is 24.3 Å². The first-order valence-electron chi connectivity index (χ1n) is 9.09. The average Bonchev–Trinajstić information content (AvgIpc) is 3.08. The summed E-state index contributed by atoms with van der Waals surface area (Å²) in [7, 11) is 1.58. The Hall–Kier alpha value is -3.07. The Morgan fingerprint density at radius 2 is 1.76 bits per heavy atom. The van der Waals surface area contributed by atoms with Crippen molar-refractivity contribution in [2.75, 3.05) is 20.3 Å². The van der Waals surface area contributed by atoms with Crippen LogP contribution in [0.15, 0.2) is 53.7 Å². The Labute approximate surface area is 173 Å². The number of ether oxygens (including phenoxy) is 2. The predicted octanol–water partition coefficient (Wildman–Crippen LogP) is 4.09. The molecule has 3 aromatic rings. The highest BCUT2D eigenvalue weighted by atomic mass is 32.2. The lowest BCUT2D eigenvalue weighted by Gasteiger charge is -2.15. The Balaban J connectivity index is 1.91. The zero-order valence-corrected chi connectivity index (χ0v) is 17.3. The second kappa shape index (κ2) is 9.42. The monoisotopic (exact) mass is 414 g/mol. The third-order valence-electron chi connectivity index (χ3n) is 4.25. The minimum absolute atomic E-state index is 0.230. The number of methoxy groups -OCH3 is 1. The van der Waals surface area contributed by atoms with Crippen LogP contribution in [0, 0.1) is 17.0 Å². The molecule has 29 heavy (non-hydrogen) atoms. The molecule has 0 aliphatic rings. The van der Waals surface area contributed by atoms with E-state index in [2.05, 4.69) is 10.2 Å². The van der Waals surface area contributed by atoms with E-state index in [-0.39, 0.29) is 11.5 Å². The summed E-state index contributed by atoms with van der Waals surface area (Å²) >= 11 is 1.32. The van der Waals surface area contributed by atoms with Gasteiger partial charge in [-0.05, 0) is 55.8 Å². The van der Waals surface area contributed by atoms with Crippen LogP contribution in [-0.4, -0.2) is 39.9 Å². The Bertz CT molecular complexity index is 958. The van der Waals surface area contributed by atoms with E-state index in [1.165, 1.54) is 11.8 Å². The molecule has 1 atom stereocenters. The number of nitro groups is 1. The summed E-state index contributed by atoms with van der Waals surface area (Å²) in [4.78, 5) is 11.0. The maximum Gasteiger partial charge on any atom is 0.220 e. The van der Waals surface area contributed by atoms with E-state index in [0.717, 1.165) is 17.0 Å². The average molecular weight is 414 g/mol. The lowest BCUT2D eigenvalue weighted by Crippen LogP contribution is -2.11. The quantitative estimate of drug-likeness (QED) is 0.296. The van der Waals surface area contributed by atoms with Crippen molar-refractivity contribution in [1.82, 2.24) is 14.8 Å². The van der Waals surface area contributed by atoms with Gasteiger partial charge in [-0.15, -0.1) is 10.2 Å². The van der Waals surface area contributed by atoms with Crippen LogP contribution in [0.25, 0.3) is 5.69 Å². The Kier molecular flexibility index (Phi) is 6.71. The molecule has 0 spiro atoms. The SMILES string of the molecule is CCOc1ccc(-n2c(C)nnc2S[C@H](C[N+](=O)[O-])c2ccc(OC)cc2)cc1. The van der Waals surface area contributed by atoms with Gasteiger partial charge in [0.05, 0.1) is 13.7 Å². The van der Waals surface area contributed by atoms with Gasteiger partial charge < -0.3 is 9.47 Å². The number of nitrogens with zero attached hydrogens (tertiary/aromatic N) is 4. The van der Waals surface area contributed by atoms with Crippen molar-refractivity contribution in [1.29, 1.82) is 0 Å². The number of rotatable bonds is 9. The predicted molar refractivity (Wildman–Crippen MR) is 111 cm³/mol. The third-order valence-corrected chi connectivity index (χ3v) is 5.43. The second-order valence-corrected chi connectivity index (χ2v) is 7.36. The number of hydrogen-bond acceptors (Lipinski definition) is 7. The zero-order valence-electron chi connectivity index (χ0n) is 16.4. The van der Waals surface area contributed by atoms with Gasteiger partial charge in [0.1, 0.15) is 22.6 Å². The van der Waals surface area contributed by atoms with Crippen LogP contribution in [0.5, 0.6) is 11.5 Å². The highest BCUT2D eigenvalue weighted by molar-refractivity contribution is 7.99. The topological polar surface area (TPSA) is 92.3 Å². The van der Waals surface area contributed by atoms with Crippen LogP contribution in [-0.2, 0) is 0 Å². The highest BCUT2D eigenvalue weighted by Gasteiger charge is 2.23. The molecule has 1 heterocycles. The molecule has 0 aliphatic heterocycles. The Morgan fingerprint density at radius 1 is 1.10 bits per heavy atom. The van der Waals surface area contributed by atoms with E-state index in [9.17, 15) is 10.1 Å². The van der Waals surface area contributed by atoms with Crippen molar-refractivity contribution < 1.29 is 14.4 Å². The molecule has 1 aromatic heterocycles. The molecule has 8 nitrogen and oxygen atoms in total. The van der Waals surface area contributed by atoms with E-state index in [0.29, 0.717) is 23.3 Å². The van der Waals surface area contributed by atoms with E-state index in [1.807, 2.05) is 54.8 Å². The van der Waals surface area contributed by atoms with Crippen molar-refractivity contribution in [2.24, 2.45) is 0 Å². The van der Waals surface area contributed by atoms with Gasteiger partial charge in [-0.1, -0.05) is 23.9 Å². The fraction of sp³-hybridized carbons (Fsp3) is 0.300. The van der Waals surface area contributed by atoms with Crippen molar-refractivity contribution >= 4 is 11.8 Å². The molecule has 0 saturated heterocycles. The van der Waals surface area contributed by atoms with Gasteiger partial charge in [0.2, 0.25) is 6.54 Å². The molecule has 0 radical (unpaired) electrons. The summed E-state index contributed by atoms with van der Waals surface area (Å²) in [6, 6.07) is 14.9. The van der Waals surface area contributed by atoms with Crippen LogP contribution in [0.2, 0.25) is 0 Å². The number of aryl methyl sites for hydroxylation is 1. The second-order valence-electron chi connectivity index (χ2n) is 6.19. The van der Waals surface area contributed by atoms with Crippen LogP contribution in [0.4, 0.5) is 0 Å². The first kappa shape index (κ1) is 20.7. The zero-order chi connectivity index (χ0) is 20.8. The van der Waals surface area contributed by atoms with Gasteiger partial charge in [0.25, 0.3) is 0 Å². The highest BCUT2D eigenvalue weighted by Crippen LogP contribution is 2.36. The summed E-state index contributed by atoms with van der Waals surface area (Å²) in [6.45, 7) is 4.15. The summed E-state index contributed by atoms with van der Waals surface area (Å²) in [5, 5.41) is 19.9. The molecule has 0 fully saturated rings. The van der Waals surface area contributed by atoms with Crippen LogP contribution in [0.3, 0.4) is 0 Å². The van der Waals surface area contributed by atoms with E-state index >= 15 is 0 Å². The van der Waals surface area contributed by atoms with Gasteiger partial charge in [-0.3, -0.25) is 14.7 Å². The van der Waals surface area contributed by atoms with Gasteiger partial charge in [0, 0.05) is 10.6 Å². The molecule has 152 valence electrons. The number of aromatic nitrogens is 3. The molecule has 0 unspecified atom stereocenters. The van der Waals surface area contributed by atoms with Crippen LogP contribution < -0.4 is 9.47 Å². The molecule has 0 N–H and O–H groups in total. The molecular weight excluding hydrogens is 392 g/mol. The molecule has 0 aliphatic carbocycles. The van der Waals surface area contributed by atoms with E-state index in [1.54, 1.807) is 19.2 Å². The maximum absolute atomic E-state index is 11.3. The summed E-state index contributed by atoms with van der Waals surface area (Å²) in [5.74, 6) is 2.18. The van der Waals surface area contributed by atoms with E-state index < -0.39 is 5.25 Å². The summed E-state index contributed by atoms with van der Waals surface area (Å²) in [6.07, 6.45) is 0. The normalized spacial score (nSPS) is 11.8. The van der Waals surface area contributed by atoms with Gasteiger partial charge in [0.15, 0.2) is 5.16 Å². The first-order chi connectivity index (χ1) is 14.0. The third kappa shape index (κ3) is 5.05. The smallest absolute Gasteiger partial charge is 0.220 e. The molecular formula is C20H22N4O4S. The van der Waals surface area contributed by atoms with Gasteiger partial charge >= 0.3 is 0 Å². The molecule has 3 rings (SSSR count). The first-order valence-corrected chi connectivity index (χ1v) is 9.97. The lowest BCUT2D eigenvalue weighted by molar-refractivity contribution is -0.479. The van der Waals surface area contributed by atoms with Gasteiger partial charge in [-0.2, -0.15) is 0 Å². The van der Waals surface area contributed by atoms with Gasteiger partial charge in [-0.25, -0.2) is 0 Å². The fourth-order valence-corrected chi connectivity index (χ4v) is 4.04. The summed E-state index contributed by atoms with van der Waals surface area (Å²) < 4.78 is 12.6.